The molecule has 1 aromatic heterocycles. The summed E-state index contributed by atoms with van der Waals surface area (Å²) in [5, 5.41) is 7.45. The lowest BCUT2D eigenvalue weighted by molar-refractivity contribution is 0.428. The molecule has 0 aliphatic heterocycles. The average molecular weight is 747 g/mol. The fraction of sp³-hybridized carbons (Fsp3) is 0.0727. The Morgan fingerprint density at radius 1 is 0.690 bits per heavy atom. The van der Waals surface area contributed by atoms with Crippen molar-refractivity contribution >= 4 is 55.3 Å². The molecule has 3 nitrogen and oxygen atoms in total. The number of aromatic nitrogens is 1. The Bertz CT molecular complexity index is 3060. The monoisotopic (exact) mass is 746 g/mol. The molecule has 278 valence electrons. The molecule has 2 aliphatic carbocycles. The molecule has 7 aromatic carbocycles. The SMILES string of the molecule is C=C(/C=C\C(=C/C)c1ccc2ccccc2c1)N(c1ccc(-c2nc3c(o2)CC2(C)C=CC=CC2=C3)cc1)c1ccc(-c2cc3ccccc3c3ccccc23)cc1. The van der Waals surface area contributed by atoms with Crippen molar-refractivity contribution < 1.29 is 4.42 Å². The molecule has 8 aromatic rings. The van der Waals surface area contributed by atoms with Gasteiger partial charge in [0, 0.05) is 34.5 Å². The Balaban J connectivity index is 1.01. The number of anilines is 2. The van der Waals surface area contributed by atoms with Gasteiger partial charge in [0.15, 0.2) is 0 Å². The molecule has 0 N–H and O–H groups in total. The van der Waals surface area contributed by atoms with Gasteiger partial charge in [-0.05, 0) is 128 Å². The van der Waals surface area contributed by atoms with E-state index in [0.717, 1.165) is 57.2 Å². The van der Waals surface area contributed by atoms with E-state index in [2.05, 4.69) is 220 Å². The van der Waals surface area contributed by atoms with E-state index in [1.807, 2.05) is 0 Å². The predicted octanol–water partition coefficient (Wildman–Crippen LogP) is 14.9. The van der Waals surface area contributed by atoms with Gasteiger partial charge >= 0.3 is 0 Å². The summed E-state index contributed by atoms with van der Waals surface area (Å²) < 4.78 is 6.44. The Morgan fingerprint density at radius 3 is 2.12 bits per heavy atom. The first-order valence-electron chi connectivity index (χ1n) is 20.0. The van der Waals surface area contributed by atoms with Crippen molar-refractivity contribution in [3.8, 4) is 22.6 Å². The van der Waals surface area contributed by atoms with Crippen molar-refractivity contribution in [2.24, 2.45) is 5.41 Å². The number of rotatable bonds is 8. The van der Waals surface area contributed by atoms with Crippen LogP contribution in [0.4, 0.5) is 11.4 Å². The minimum absolute atomic E-state index is 0.0745. The Morgan fingerprint density at radius 2 is 1.36 bits per heavy atom. The van der Waals surface area contributed by atoms with E-state index >= 15 is 0 Å². The number of oxazole rings is 1. The zero-order valence-corrected chi connectivity index (χ0v) is 32.7. The van der Waals surface area contributed by atoms with E-state index in [0.29, 0.717) is 5.89 Å². The maximum atomic E-state index is 6.44. The second kappa shape index (κ2) is 14.4. The van der Waals surface area contributed by atoms with Crippen molar-refractivity contribution in [1.29, 1.82) is 0 Å². The highest BCUT2D eigenvalue weighted by Gasteiger charge is 2.34. The molecule has 58 heavy (non-hydrogen) atoms. The smallest absolute Gasteiger partial charge is 0.226 e. The van der Waals surface area contributed by atoms with Crippen molar-refractivity contribution in [1.82, 2.24) is 4.98 Å². The number of hydrogen-bond donors (Lipinski definition) is 0. The van der Waals surface area contributed by atoms with Crippen molar-refractivity contribution in [2.45, 2.75) is 20.3 Å². The molecule has 0 amide bonds. The van der Waals surface area contributed by atoms with Gasteiger partial charge in [-0.15, -0.1) is 0 Å². The maximum absolute atomic E-state index is 6.44. The minimum atomic E-state index is -0.0745. The zero-order valence-electron chi connectivity index (χ0n) is 32.7. The second-order valence-corrected chi connectivity index (χ2v) is 15.5. The molecule has 0 bridgehead atoms. The van der Waals surface area contributed by atoms with Crippen LogP contribution in [0.5, 0.6) is 0 Å². The quantitative estimate of drug-likeness (QED) is 0.115. The van der Waals surface area contributed by atoms with Crippen LogP contribution in [0.25, 0.3) is 66.5 Å². The van der Waals surface area contributed by atoms with Crippen LogP contribution in [0.2, 0.25) is 0 Å². The van der Waals surface area contributed by atoms with E-state index in [4.69, 9.17) is 9.40 Å². The molecule has 1 atom stereocenters. The normalized spacial score (nSPS) is 16.2. The maximum Gasteiger partial charge on any atom is 0.226 e. The number of benzene rings is 7. The first kappa shape index (κ1) is 35.2. The van der Waals surface area contributed by atoms with Crippen LogP contribution in [0.3, 0.4) is 0 Å². The summed E-state index contributed by atoms with van der Waals surface area (Å²) in [5.41, 5.74) is 10.6. The Hall–Kier alpha value is -7.23. The van der Waals surface area contributed by atoms with Crippen LogP contribution in [0.1, 0.15) is 30.9 Å². The molecule has 0 saturated carbocycles. The van der Waals surface area contributed by atoms with Crippen LogP contribution < -0.4 is 4.90 Å². The summed E-state index contributed by atoms with van der Waals surface area (Å²) in [6.07, 6.45) is 18.0. The lowest BCUT2D eigenvalue weighted by Gasteiger charge is -2.31. The highest BCUT2D eigenvalue weighted by atomic mass is 16.4. The lowest BCUT2D eigenvalue weighted by Crippen LogP contribution is -2.23. The van der Waals surface area contributed by atoms with E-state index in [1.165, 1.54) is 43.5 Å². The molecule has 0 saturated heterocycles. The molecule has 0 radical (unpaired) electrons. The van der Waals surface area contributed by atoms with Crippen LogP contribution >= 0.6 is 0 Å². The third kappa shape index (κ3) is 6.31. The van der Waals surface area contributed by atoms with E-state index in [-0.39, 0.29) is 5.41 Å². The zero-order chi connectivity index (χ0) is 39.2. The number of hydrogen-bond acceptors (Lipinski definition) is 3. The average Bonchev–Trinajstić information content (AvgIpc) is 3.68. The first-order chi connectivity index (χ1) is 28.4. The Labute approximate surface area is 339 Å². The van der Waals surface area contributed by atoms with Gasteiger partial charge in [0.25, 0.3) is 0 Å². The summed E-state index contributed by atoms with van der Waals surface area (Å²) in [4.78, 5) is 7.16. The molecule has 2 aliphatic rings. The van der Waals surface area contributed by atoms with Crippen LogP contribution in [-0.4, -0.2) is 4.98 Å². The van der Waals surface area contributed by atoms with Crippen LogP contribution in [0, 0.1) is 5.41 Å². The van der Waals surface area contributed by atoms with Gasteiger partial charge in [0.2, 0.25) is 5.89 Å². The van der Waals surface area contributed by atoms with E-state index in [9.17, 15) is 0 Å². The molecule has 1 heterocycles. The third-order valence-corrected chi connectivity index (χ3v) is 11.8. The third-order valence-electron chi connectivity index (χ3n) is 11.8. The van der Waals surface area contributed by atoms with Crippen molar-refractivity contribution in [3.63, 3.8) is 0 Å². The summed E-state index contributed by atoms with van der Waals surface area (Å²) in [6, 6.07) is 52.1. The fourth-order valence-electron chi connectivity index (χ4n) is 8.60. The standard InChI is InChI=1S/C55H42N2O/c1-4-38(43-23-22-39-13-5-6-14-42(39)33-43)21-20-37(2)57(46-28-24-40(25-29-46)51-34-44-15-7-8-17-48(44)49-18-9-10-19-50(49)51)47-30-26-41(27-31-47)54-56-52-35-45-16-11-12-32-55(45,3)36-53(52)58-54/h4-35H,2,36H2,1,3H3/b21-20-,38-4+. The van der Waals surface area contributed by atoms with Crippen molar-refractivity contribution in [2.75, 3.05) is 4.90 Å². The summed E-state index contributed by atoms with van der Waals surface area (Å²) in [7, 11) is 0. The van der Waals surface area contributed by atoms with Gasteiger partial charge in [-0.25, -0.2) is 4.98 Å². The molecule has 3 heteroatoms. The highest BCUT2D eigenvalue weighted by molar-refractivity contribution is 6.13. The summed E-state index contributed by atoms with van der Waals surface area (Å²) in [6.45, 7) is 8.98. The van der Waals surface area contributed by atoms with Gasteiger partial charge in [-0.2, -0.15) is 0 Å². The van der Waals surface area contributed by atoms with Gasteiger partial charge in [-0.1, -0.05) is 147 Å². The number of allylic oxidation sites excluding steroid dienone is 9. The topological polar surface area (TPSA) is 29.3 Å². The summed E-state index contributed by atoms with van der Waals surface area (Å²) >= 11 is 0. The molecule has 0 fully saturated rings. The van der Waals surface area contributed by atoms with E-state index < -0.39 is 0 Å². The van der Waals surface area contributed by atoms with Gasteiger partial charge in [0.1, 0.15) is 11.5 Å². The minimum Gasteiger partial charge on any atom is -0.440 e. The lowest BCUT2D eigenvalue weighted by atomic mass is 9.72. The molecular formula is C55H42N2O. The number of fused-ring (bicyclic) bond motifs is 6. The molecule has 10 rings (SSSR count). The second-order valence-electron chi connectivity index (χ2n) is 15.5. The molecule has 1 unspecified atom stereocenters. The number of nitrogens with zero attached hydrogens (tertiary/aromatic N) is 2. The van der Waals surface area contributed by atoms with E-state index in [1.54, 1.807) is 0 Å². The predicted molar refractivity (Wildman–Crippen MR) is 245 cm³/mol. The Kier molecular flexibility index (Phi) is 8.72. The van der Waals surface area contributed by atoms with Crippen LogP contribution in [-0.2, 0) is 6.42 Å². The van der Waals surface area contributed by atoms with Gasteiger partial charge in [-0.3, -0.25) is 0 Å². The molecule has 0 spiro atoms. The summed E-state index contributed by atoms with van der Waals surface area (Å²) in [5.74, 6) is 1.56. The molecular weight excluding hydrogens is 705 g/mol. The largest absolute Gasteiger partial charge is 0.440 e. The van der Waals surface area contributed by atoms with Crippen molar-refractivity contribution in [3.05, 3.63) is 223 Å². The highest BCUT2D eigenvalue weighted by Crippen LogP contribution is 2.43. The van der Waals surface area contributed by atoms with Crippen LogP contribution in [0.15, 0.2) is 210 Å². The van der Waals surface area contributed by atoms with Gasteiger partial charge in [0.05, 0.1) is 0 Å². The van der Waals surface area contributed by atoms with Gasteiger partial charge < -0.3 is 9.32 Å². The first-order valence-corrected chi connectivity index (χ1v) is 20.0. The fourth-order valence-corrected chi connectivity index (χ4v) is 8.60.